The number of nitrogens with zero attached hydrogens (tertiary/aromatic N) is 2. The summed E-state index contributed by atoms with van der Waals surface area (Å²) in [5, 5.41) is 0.769. The van der Waals surface area contributed by atoms with Crippen LogP contribution in [0.2, 0.25) is 0 Å². The Bertz CT molecular complexity index is 317. The van der Waals surface area contributed by atoms with Crippen molar-refractivity contribution in [3.8, 4) is 0 Å². The molecule has 2 rings (SSSR count). The third-order valence-electron chi connectivity index (χ3n) is 2.54. The van der Waals surface area contributed by atoms with E-state index in [4.69, 9.17) is 10.6 Å². The Kier molecular flexibility index (Phi) is 3.53. The Hall–Kier alpha value is -0.690. The summed E-state index contributed by atoms with van der Waals surface area (Å²) in [6.45, 7) is 5.75. The third-order valence-corrected chi connectivity index (χ3v) is 3.45. The molecule has 15 heavy (non-hydrogen) atoms. The maximum absolute atomic E-state index is 5.39. The second-order valence-corrected chi connectivity index (χ2v) is 4.79. The molecular formula is C9H16N4OS. The van der Waals surface area contributed by atoms with E-state index < -0.39 is 0 Å². The molecule has 5 nitrogen and oxygen atoms in total. The predicted octanol–water partition coefficient (Wildman–Crippen LogP) is 0.649. The van der Waals surface area contributed by atoms with E-state index in [2.05, 4.69) is 22.2 Å². The highest BCUT2D eigenvalue weighted by Crippen LogP contribution is 2.20. The van der Waals surface area contributed by atoms with E-state index in [9.17, 15) is 0 Å². The first-order valence-corrected chi connectivity index (χ1v) is 5.84. The molecule has 1 aromatic rings. The lowest BCUT2D eigenvalue weighted by Crippen LogP contribution is -2.42. The van der Waals surface area contributed by atoms with Crippen molar-refractivity contribution >= 4 is 16.5 Å². The minimum atomic E-state index is 0.482. The van der Waals surface area contributed by atoms with Gasteiger partial charge in [-0.2, -0.15) is 0 Å². The molecule has 1 aliphatic rings. The molecule has 1 aromatic heterocycles. The highest BCUT2D eigenvalue weighted by atomic mass is 32.1. The predicted molar refractivity (Wildman–Crippen MR) is 60.6 cm³/mol. The van der Waals surface area contributed by atoms with Gasteiger partial charge in [0.1, 0.15) is 0 Å². The highest BCUT2D eigenvalue weighted by molar-refractivity contribution is 7.15. The summed E-state index contributed by atoms with van der Waals surface area (Å²) < 4.78 is 5.39. The fraction of sp³-hybridized carbons (Fsp3) is 0.667. The van der Waals surface area contributed by atoms with Gasteiger partial charge in [0.05, 0.1) is 13.2 Å². The molecule has 0 amide bonds. The molecule has 0 saturated carbocycles. The van der Waals surface area contributed by atoms with Crippen LogP contribution in [0.25, 0.3) is 0 Å². The number of rotatable bonds is 3. The first kappa shape index (κ1) is 10.8. The van der Waals surface area contributed by atoms with E-state index in [1.165, 1.54) is 4.88 Å². The number of nitrogens with one attached hydrogen (secondary N) is 1. The van der Waals surface area contributed by atoms with Gasteiger partial charge in [0, 0.05) is 30.2 Å². The zero-order chi connectivity index (χ0) is 10.7. The molecule has 1 atom stereocenters. The molecule has 1 saturated heterocycles. The summed E-state index contributed by atoms with van der Waals surface area (Å²) in [6, 6.07) is 0.482. The van der Waals surface area contributed by atoms with Gasteiger partial charge in [0.15, 0.2) is 5.13 Å². The van der Waals surface area contributed by atoms with Crippen molar-refractivity contribution < 1.29 is 4.74 Å². The normalized spacial score (nSPS) is 22.9. The van der Waals surface area contributed by atoms with Gasteiger partial charge in [-0.3, -0.25) is 10.3 Å². The van der Waals surface area contributed by atoms with Crippen molar-refractivity contribution in [3.05, 3.63) is 11.1 Å². The Labute approximate surface area is 93.2 Å². The van der Waals surface area contributed by atoms with Crippen molar-refractivity contribution in [3.63, 3.8) is 0 Å². The molecule has 0 aromatic carbocycles. The number of aromatic nitrogens is 1. The number of anilines is 1. The van der Waals surface area contributed by atoms with Crippen LogP contribution >= 0.6 is 11.3 Å². The zero-order valence-corrected chi connectivity index (χ0v) is 9.59. The summed E-state index contributed by atoms with van der Waals surface area (Å²) in [5.41, 5.74) is 2.56. The monoisotopic (exact) mass is 228 g/mol. The molecule has 2 heterocycles. The number of nitrogens with two attached hydrogens (primary N) is 1. The molecule has 0 radical (unpaired) electrons. The molecule has 0 aliphatic carbocycles. The van der Waals surface area contributed by atoms with Crippen LogP contribution in [0.4, 0.5) is 5.13 Å². The average molecular weight is 228 g/mol. The summed E-state index contributed by atoms with van der Waals surface area (Å²) in [6.07, 6.45) is 1.88. The Morgan fingerprint density at radius 1 is 1.80 bits per heavy atom. The van der Waals surface area contributed by atoms with Gasteiger partial charge in [-0.1, -0.05) is 11.3 Å². The van der Waals surface area contributed by atoms with Gasteiger partial charge in [0.25, 0.3) is 0 Å². The van der Waals surface area contributed by atoms with Gasteiger partial charge in [0.2, 0.25) is 0 Å². The minimum Gasteiger partial charge on any atom is -0.379 e. The average Bonchev–Trinajstić information content (AvgIpc) is 2.69. The van der Waals surface area contributed by atoms with Crippen molar-refractivity contribution in [1.29, 1.82) is 0 Å². The zero-order valence-electron chi connectivity index (χ0n) is 8.77. The van der Waals surface area contributed by atoms with Gasteiger partial charge >= 0.3 is 0 Å². The van der Waals surface area contributed by atoms with Gasteiger partial charge in [-0.05, 0) is 6.92 Å². The maximum atomic E-state index is 5.39. The van der Waals surface area contributed by atoms with Crippen molar-refractivity contribution in [1.82, 2.24) is 9.88 Å². The van der Waals surface area contributed by atoms with E-state index in [1.807, 2.05) is 6.20 Å². The Balaban J connectivity index is 1.95. The lowest BCUT2D eigenvalue weighted by Gasteiger charge is -2.32. The van der Waals surface area contributed by atoms with Gasteiger partial charge < -0.3 is 4.74 Å². The topological polar surface area (TPSA) is 63.4 Å². The highest BCUT2D eigenvalue weighted by Gasteiger charge is 2.19. The second kappa shape index (κ2) is 4.89. The third kappa shape index (κ3) is 2.66. The lowest BCUT2D eigenvalue weighted by atomic mass is 10.2. The largest absolute Gasteiger partial charge is 0.379 e. The molecule has 6 heteroatoms. The van der Waals surface area contributed by atoms with Crippen LogP contribution in [0.3, 0.4) is 0 Å². The van der Waals surface area contributed by atoms with Crippen LogP contribution in [0.5, 0.6) is 0 Å². The van der Waals surface area contributed by atoms with Crippen LogP contribution in [-0.2, 0) is 11.3 Å². The maximum Gasteiger partial charge on any atom is 0.197 e. The van der Waals surface area contributed by atoms with Crippen LogP contribution in [-0.4, -0.2) is 35.7 Å². The number of morpholine rings is 1. The smallest absolute Gasteiger partial charge is 0.197 e. The van der Waals surface area contributed by atoms with Crippen LogP contribution in [0, 0.1) is 0 Å². The van der Waals surface area contributed by atoms with E-state index in [-0.39, 0.29) is 0 Å². The molecular weight excluding hydrogens is 212 g/mol. The fourth-order valence-electron chi connectivity index (χ4n) is 1.64. The van der Waals surface area contributed by atoms with E-state index in [0.29, 0.717) is 6.04 Å². The van der Waals surface area contributed by atoms with Crippen LogP contribution < -0.4 is 11.3 Å². The molecule has 0 bridgehead atoms. The summed E-state index contributed by atoms with van der Waals surface area (Å²) in [4.78, 5) is 7.78. The standard InChI is InChI=1S/C9H16N4OS/c1-7-6-14-3-2-13(7)5-8-4-11-9(12-10)15-8/h4,7H,2-3,5-6,10H2,1H3,(H,11,12). The molecule has 1 aliphatic heterocycles. The van der Waals surface area contributed by atoms with E-state index in [1.54, 1.807) is 11.3 Å². The minimum absolute atomic E-state index is 0.482. The van der Waals surface area contributed by atoms with Crippen LogP contribution in [0.15, 0.2) is 6.20 Å². The van der Waals surface area contributed by atoms with Crippen molar-refractivity contribution in [2.24, 2.45) is 5.84 Å². The quantitative estimate of drug-likeness (QED) is 0.587. The summed E-state index contributed by atoms with van der Waals surface area (Å²) >= 11 is 1.60. The number of ether oxygens (including phenoxy) is 1. The Morgan fingerprint density at radius 3 is 3.33 bits per heavy atom. The number of nitrogen functional groups attached to an aromatic ring is 1. The van der Waals surface area contributed by atoms with Crippen molar-refractivity contribution in [2.75, 3.05) is 25.2 Å². The molecule has 1 fully saturated rings. The fourth-order valence-corrected chi connectivity index (χ4v) is 2.39. The SMILES string of the molecule is CC1COCCN1Cc1cnc(NN)s1. The first-order chi connectivity index (χ1) is 7.29. The number of hydrogen-bond acceptors (Lipinski definition) is 6. The lowest BCUT2D eigenvalue weighted by molar-refractivity contribution is -0.00393. The van der Waals surface area contributed by atoms with E-state index >= 15 is 0 Å². The van der Waals surface area contributed by atoms with Gasteiger partial charge in [-0.15, -0.1) is 0 Å². The molecule has 0 spiro atoms. The molecule has 1 unspecified atom stereocenters. The number of thiazole rings is 1. The molecule has 3 N–H and O–H groups in total. The molecule has 84 valence electrons. The summed E-state index contributed by atoms with van der Waals surface area (Å²) in [7, 11) is 0. The number of hydrazine groups is 1. The Morgan fingerprint density at radius 2 is 2.67 bits per heavy atom. The summed E-state index contributed by atoms with van der Waals surface area (Å²) in [5.74, 6) is 5.29. The first-order valence-electron chi connectivity index (χ1n) is 5.02. The van der Waals surface area contributed by atoms with Crippen LogP contribution in [0.1, 0.15) is 11.8 Å². The van der Waals surface area contributed by atoms with Gasteiger partial charge in [-0.25, -0.2) is 10.8 Å². The second-order valence-electron chi connectivity index (χ2n) is 3.67. The van der Waals surface area contributed by atoms with E-state index in [0.717, 1.165) is 31.4 Å². The number of hydrogen-bond donors (Lipinski definition) is 2. The van der Waals surface area contributed by atoms with Crippen molar-refractivity contribution in [2.45, 2.75) is 19.5 Å².